The first kappa shape index (κ1) is 35.0. The molecule has 5 N–H and O–H groups in total. The number of hydrogen-bond acceptors (Lipinski definition) is 8. The fourth-order valence-electron chi connectivity index (χ4n) is 4.51. The number of amides is 1. The number of benzene rings is 2. The Kier molecular flexibility index (Phi) is 10.9. The molecule has 3 aromatic rings. The molecule has 0 aliphatic rings. The number of hydrogen-bond donors (Lipinski definition) is 4. The van der Waals surface area contributed by atoms with E-state index in [4.69, 9.17) is 19.5 Å². The number of nitrogens with one attached hydrogen (secondary N) is 3. The van der Waals surface area contributed by atoms with Crippen LogP contribution in [0.4, 0.5) is 5.69 Å². The van der Waals surface area contributed by atoms with E-state index >= 15 is 0 Å². The third-order valence-corrected chi connectivity index (χ3v) is 8.33. The molecule has 0 fully saturated rings. The molecule has 1 amide bonds. The van der Waals surface area contributed by atoms with Gasteiger partial charge in [0.25, 0.3) is 5.91 Å². The lowest BCUT2D eigenvalue weighted by Gasteiger charge is -2.31. The Morgan fingerprint density at radius 2 is 1.64 bits per heavy atom. The second kappa shape index (κ2) is 13.6. The van der Waals surface area contributed by atoms with E-state index in [0.29, 0.717) is 22.2 Å². The van der Waals surface area contributed by atoms with Crippen LogP contribution in [0.15, 0.2) is 47.4 Å². The summed E-state index contributed by atoms with van der Waals surface area (Å²) in [6.45, 7) is 16.7. The average Bonchev–Trinajstić information content (AvgIpc) is 2.90. The molecule has 1 aromatic heterocycles. The normalized spacial score (nSPS) is 14.2. The maximum absolute atomic E-state index is 14.1. The number of H-pyrrole nitrogens is 1. The van der Waals surface area contributed by atoms with Gasteiger partial charge in [-0.05, 0) is 55.4 Å². The Morgan fingerprint density at radius 3 is 2.23 bits per heavy atom. The molecule has 44 heavy (non-hydrogen) atoms. The molecule has 2 atom stereocenters. The molecule has 0 aliphatic carbocycles. The second-order valence-electron chi connectivity index (χ2n) is 13.0. The van der Waals surface area contributed by atoms with Gasteiger partial charge in [-0.3, -0.25) is 18.9 Å². The third-order valence-electron chi connectivity index (χ3n) is 6.67. The van der Waals surface area contributed by atoms with Crippen LogP contribution < -0.4 is 26.1 Å². The molecule has 11 nitrogen and oxygen atoms in total. The highest BCUT2D eigenvalue weighted by molar-refractivity contribution is 7.52. The third kappa shape index (κ3) is 8.57. The van der Waals surface area contributed by atoms with Crippen LogP contribution in [0, 0.1) is 0 Å². The number of rotatable bonds is 11. The molecule has 0 unspecified atom stereocenters. The number of pyridine rings is 1. The summed E-state index contributed by atoms with van der Waals surface area (Å²) >= 11 is 0. The molecule has 3 rings (SSSR count). The van der Waals surface area contributed by atoms with Crippen molar-refractivity contribution in [1.29, 1.82) is 0 Å². The van der Waals surface area contributed by atoms with E-state index in [1.54, 1.807) is 44.2 Å². The second-order valence-corrected chi connectivity index (χ2v) is 14.7. The van der Waals surface area contributed by atoms with Crippen molar-refractivity contribution in [2.24, 2.45) is 5.73 Å². The first-order valence-electron chi connectivity index (χ1n) is 14.6. The number of esters is 1. The number of nitrogens with two attached hydrogens (primary N) is 1. The predicted octanol–water partition coefficient (Wildman–Crippen LogP) is 5.77. The van der Waals surface area contributed by atoms with Crippen molar-refractivity contribution in [3.63, 3.8) is 0 Å². The zero-order valence-electron chi connectivity index (χ0n) is 27.0. The van der Waals surface area contributed by atoms with E-state index in [0.717, 1.165) is 5.56 Å². The Hall–Kier alpha value is -3.50. The smallest absolute Gasteiger partial charge is 0.459 e. The molecule has 0 aliphatic heterocycles. The van der Waals surface area contributed by atoms with Gasteiger partial charge in [0.05, 0.1) is 12.7 Å². The molecule has 0 spiro atoms. The van der Waals surface area contributed by atoms with E-state index < -0.39 is 41.9 Å². The molecule has 2 aromatic carbocycles. The van der Waals surface area contributed by atoms with Gasteiger partial charge in [-0.1, -0.05) is 53.7 Å². The van der Waals surface area contributed by atoms with E-state index in [-0.39, 0.29) is 30.6 Å². The van der Waals surface area contributed by atoms with E-state index in [9.17, 15) is 18.9 Å². The minimum atomic E-state index is -4.21. The summed E-state index contributed by atoms with van der Waals surface area (Å²) in [5.74, 6) is -1.10. The van der Waals surface area contributed by atoms with Gasteiger partial charge in [0, 0.05) is 41.0 Å². The Balaban J connectivity index is 2.13. The molecule has 240 valence electrons. The van der Waals surface area contributed by atoms with Crippen molar-refractivity contribution in [3.05, 3.63) is 69.5 Å². The summed E-state index contributed by atoms with van der Waals surface area (Å²) < 4.78 is 31.0. The first-order valence-corrected chi connectivity index (χ1v) is 16.1. The minimum Gasteiger partial charge on any atom is -0.462 e. The van der Waals surface area contributed by atoms with Gasteiger partial charge in [0.2, 0.25) is 5.43 Å². The number of aromatic nitrogens is 1. The summed E-state index contributed by atoms with van der Waals surface area (Å²) in [5.41, 5.74) is 6.61. The fourth-order valence-corrected chi connectivity index (χ4v) is 6.02. The summed E-state index contributed by atoms with van der Waals surface area (Å²) in [6.07, 6.45) is 1.00. The van der Waals surface area contributed by atoms with Gasteiger partial charge in [0.1, 0.15) is 17.4 Å². The molecule has 0 bridgehead atoms. The summed E-state index contributed by atoms with van der Waals surface area (Å²) in [5, 5.41) is 5.93. The Labute approximate surface area is 258 Å². The molecule has 0 saturated carbocycles. The molecule has 1 heterocycles. The highest BCUT2D eigenvalue weighted by Crippen LogP contribution is 2.49. The van der Waals surface area contributed by atoms with Crippen LogP contribution >= 0.6 is 7.75 Å². The van der Waals surface area contributed by atoms with Crippen LogP contribution in [0.5, 0.6) is 5.75 Å². The van der Waals surface area contributed by atoms with Crippen molar-refractivity contribution in [2.75, 3.05) is 18.5 Å². The van der Waals surface area contributed by atoms with Crippen LogP contribution in [0.25, 0.3) is 10.9 Å². The highest BCUT2D eigenvalue weighted by atomic mass is 31.2. The zero-order chi connectivity index (χ0) is 33.0. The standard InChI is InChI=1S/C32H45N4O7P/c1-19(2)42-30(39)20(3)36-44(40,41-15-14-33)43-27-17-26(23(31(4,5)6)16-24(27)32(7,8)9)35-29(38)22-18-34-25-13-11-10-12-21(25)28(22)37/h10-13,16-20H,14-15,33H2,1-9H3,(H,34,37)(H,35,38)(H,36,40)/t20-,44+/m0/s1. The van der Waals surface area contributed by atoms with E-state index in [1.807, 2.05) is 47.6 Å². The van der Waals surface area contributed by atoms with Gasteiger partial charge < -0.3 is 25.3 Å². The fraction of sp³-hybridized carbons (Fsp3) is 0.469. The Morgan fingerprint density at radius 1 is 1.00 bits per heavy atom. The lowest BCUT2D eigenvalue weighted by molar-refractivity contribution is -0.149. The number of carbonyl (C=O) groups excluding carboxylic acids is 2. The van der Waals surface area contributed by atoms with Gasteiger partial charge in [-0.15, -0.1) is 0 Å². The SMILES string of the molecule is CC(C)OC(=O)[C@H](C)N[P@@](=O)(OCCN)Oc1cc(NC(=O)c2c[nH]c3ccccc3c2=O)c(C(C)(C)C)cc1C(C)(C)C. The topological polar surface area (TPSA) is 162 Å². The molecular formula is C32H45N4O7P. The van der Waals surface area contributed by atoms with Gasteiger partial charge in [-0.2, -0.15) is 5.09 Å². The lowest BCUT2D eigenvalue weighted by atomic mass is 9.79. The van der Waals surface area contributed by atoms with Gasteiger partial charge in [0.15, 0.2) is 0 Å². The number of anilines is 1. The largest absolute Gasteiger partial charge is 0.462 e. The van der Waals surface area contributed by atoms with E-state index in [2.05, 4.69) is 15.4 Å². The van der Waals surface area contributed by atoms with E-state index in [1.165, 1.54) is 13.1 Å². The molecule has 12 heteroatoms. The maximum atomic E-state index is 14.1. The first-order chi connectivity index (χ1) is 20.4. The van der Waals surface area contributed by atoms with Crippen LogP contribution in [-0.4, -0.2) is 42.2 Å². The van der Waals surface area contributed by atoms with Crippen LogP contribution in [0.1, 0.15) is 83.8 Å². The number of aromatic amines is 1. The van der Waals surface area contributed by atoms with Gasteiger partial charge in [-0.25, -0.2) is 4.57 Å². The van der Waals surface area contributed by atoms with Crippen molar-refractivity contribution in [2.45, 2.75) is 85.3 Å². The monoisotopic (exact) mass is 628 g/mol. The number of carbonyl (C=O) groups is 2. The maximum Gasteiger partial charge on any atom is 0.459 e. The highest BCUT2D eigenvalue weighted by Gasteiger charge is 2.35. The van der Waals surface area contributed by atoms with Crippen LogP contribution in [0.3, 0.4) is 0 Å². The number of ether oxygens (including phenoxy) is 1. The predicted molar refractivity (Wildman–Crippen MR) is 173 cm³/mol. The van der Waals surface area contributed by atoms with Crippen molar-refractivity contribution >= 4 is 36.2 Å². The minimum absolute atomic E-state index is 0.0521. The summed E-state index contributed by atoms with van der Waals surface area (Å²) in [4.78, 5) is 42.3. The lowest BCUT2D eigenvalue weighted by Crippen LogP contribution is -2.36. The quantitative estimate of drug-likeness (QED) is 0.153. The Bertz CT molecular complexity index is 1620. The van der Waals surface area contributed by atoms with Crippen molar-refractivity contribution in [3.8, 4) is 5.75 Å². The molecule has 0 saturated heterocycles. The van der Waals surface area contributed by atoms with Crippen molar-refractivity contribution < 1.29 is 27.9 Å². The number of para-hydroxylation sites is 1. The summed E-state index contributed by atoms with van der Waals surface area (Å²) in [6, 6.07) is 9.36. The van der Waals surface area contributed by atoms with Crippen molar-refractivity contribution in [1.82, 2.24) is 10.1 Å². The summed E-state index contributed by atoms with van der Waals surface area (Å²) in [7, 11) is -4.21. The molecular weight excluding hydrogens is 583 g/mol. The number of fused-ring (bicyclic) bond motifs is 1. The van der Waals surface area contributed by atoms with Crippen LogP contribution in [-0.2, 0) is 29.5 Å². The van der Waals surface area contributed by atoms with Gasteiger partial charge >= 0.3 is 13.7 Å². The zero-order valence-corrected chi connectivity index (χ0v) is 27.9. The average molecular weight is 629 g/mol. The van der Waals surface area contributed by atoms with Crippen LogP contribution in [0.2, 0.25) is 0 Å². The molecule has 0 radical (unpaired) electrons.